The molecule has 1 saturated carbocycles. The largest absolute Gasteiger partial charge is 0.356 e. The van der Waals surface area contributed by atoms with Crippen LogP contribution >= 0.6 is 0 Å². The lowest BCUT2D eigenvalue weighted by Crippen LogP contribution is -2.43. The first-order valence-corrected chi connectivity index (χ1v) is 7.83. The molecule has 0 bridgehead atoms. The second-order valence-electron chi connectivity index (χ2n) is 5.83. The van der Waals surface area contributed by atoms with Crippen LogP contribution in [0.5, 0.6) is 0 Å². The molecule has 1 aliphatic carbocycles. The van der Waals surface area contributed by atoms with Gasteiger partial charge in [0.1, 0.15) is 0 Å². The van der Waals surface area contributed by atoms with Gasteiger partial charge in [-0.2, -0.15) is 0 Å². The fraction of sp³-hybridized carbons (Fsp3) is 0.688. The van der Waals surface area contributed by atoms with E-state index in [1.54, 1.807) is 0 Å². The highest BCUT2D eigenvalue weighted by atomic mass is 15.2. The average Bonchev–Trinajstić information content (AvgIpc) is 3.14. The first kappa shape index (κ1) is 14.9. The summed E-state index contributed by atoms with van der Waals surface area (Å²) < 4.78 is 2.17. The molecule has 1 fully saturated rings. The molecule has 1 heterocycles. The molecule has 0 spiro atoms. The van der Waals surface area contributed by atoms with Crippen molar-refractivity contribution >= 4 is 5.96 Å². The van der Waals surface area contributed by atoms with Gasteiger partial charge in [0.15, 0.2) is 5.96 Å². The van der Waals surface area contributed by atoms with Crippen molar-refractivity contribution in [1.82, 2.24) is 15.2 Å². The molecule has 0 aliphatic heterocycles. The topological polar surface area (TPSA) is 41.4 Å². The van der Waals surface area contributed by atoms with E-state index in [-0.39, 0.29) is 0 Å². The van der Waals surface area contributed by atoms with E-state index in [1.165, 1.54) is 32.1 Å². The summed E-state index contributed by atoms with van der Waals surface area (Å²) in [7, 11) is 1.85. The van der Waals surface area contributed by atoms with Gasteiger partial charge < -0.3 is 15.2 Å². The Morgan fingerprint density at radius 3 is 2.50 bits per heavy atom. The molecule has 2 N–H and O–H groups in total. The van der Waals surface area contributed by atoms with Crippen LogP contribution in [0.1, 0.15) is 39.0 Å². The van der Waals surface area contributed by atoms with Crippen LogP contribution < -0.4 is 10.6 Å². The van der Waals surface area contributed by atoms with Crippen molar-refractivity contribution in [2.24, 2.45) is 10.4 Å². The van der Waals surface area contributed by atoms with E-state index in [2.05, 4.69) is 51.6 Å². The molecule has 0 radical (unpaired) electrons. The first-order valence-electron chi connectivity index (χ1n) is 7.83. The third-order valence-electron chi connectivity index (χ3n) is 4.60. The Morgan fingerprint density at radius 2 is 1.90 bits per heavy atom. The molecule has 0 unspecified atom stereocenters. The van der Waals surface area contributed by atoms with Crippen LogP contribution in [0.3, 0.4) is 0 Å². The number of hydrogen-bond donors (Lipinski definition) is 2. The van der Waals surface area contributed by atoms with Crippen LogP contribution in [0.15, 0.2) is 29.5 Å². The highest BCUT2D eigenvalue weighted by molar-refractivity contribution is 5.79. The van der Waals surface area contributed by atoms with Gasteiger partial charge >= 0.3 is 0 Å². The molecule has 20 heavy (non-hydrogen) atoms. The average molecular weight is 276 g/mol. The van der Waals surface area contributed by atoms with Crippen molar-refractivity contribution in [3.63, 3.8) is 0 Å². The lowest BCUT2D eigenvalue weighted by Gasteiger charge is -2.28. The van der Waals surface area contributed by atoms with Crippen LogP contribution in [0, 0.1) is 5.41 Å². The predicted molar refractivity (Wildman–Crippen MR) is 85.0 cm³/mol. The van der Waals surface area contributed by atoms with Gasteiger partial charge in [-0.25, -0.2) is 0 Å². The number of aromatic nitrogens is 1. The zero-order valence-electron chi connectivity index (χ0n) is 12.9. The second-order valence-corrected chi connectivity index (χ2v) is 5.83. The van der Waals surface area contributed by atoms with E-state index in [1.807, 2.05) is 7.05 Å². The summed E-state index contributed by atoms with van der Waals surface area (Å²) in [6.45, 7) is 5.22. The summed E-state index contributed by atoms with van der Waals surface area (Å²) in [6.07, 6.45) is 10.9. The third kappa shape index (κ3) is 4.02. The van der Waals surface area contributed by atoms with Gasteiger partial charge in [-0.1, -0.05) is 19.8 Å². The van der Waals surface area contributed by atoms with E-state index < -0.39 is 0 Å². The second kappa shape index (κ2) is 7.36. The molecular formula is C16H28N4. The number of nitrogens with zero attached hydrogens (tertiary/aromatic N) is 2. The third-order valence-corrected chi connectivity index (χ3v) is 4.60. The minimum absolute atomic E-state index is 0.498. The minimum atomic E-state index is 0.498. The molecule has 0 saturated heterocycles. The fourth-order valence-corrected chi connectivity index (χ4v) is 3.09. The van der Waals surface area contributed by atoms with Gasteiger partial charge in [-0.3, -0.25) is 4.99 Å². The van der Waals surface area contributed by atoms with Crippen LogP contribution in [-0.2, 0) is 6.54 Å². The van der Waals surface area contributed by atoms with Crippen molar-refractivity contribution in [1.29, 1.82) is 0 Å². The molecule has 0 amide bonds. The summed E-state index contributed by atoms with van der Waals surface area (Å²) in [5, 5.41) is 6.90. The monoisotopic (exact) mass is 276 g/mol. The number of guanidine groups is 1. The Hall–Kier alpha value is -1.45. The summed E-state index contributed by atoms with van der Waals surface area (Å²) >= 11 is 0. The highest BCUT2D eigenvalue weighted by Gasteiger charge is 2.31. The number of nitrogens with one attached hydrogen (secondary N) is 2. The highest BCUT2D eigenvalue weighted by Crippen LogP contribution is 2.40. The van der Waals surface area contributed by atoms with Crippen LogP contribution in [0.25, 0.3) is 0 Å². The predicted octanol–water partition coefficient (Wildman–Crippen LogP) is 2.62. The van der Waals surface area contributed by atoms with Gasteiger partial charge in [-0.05, 0) is 36.8 Å². The molecule has 0 aromatic carbocycles. The molecule has 1 aromatic rings. The fourth-order valence-electron chi connectivity index (χ4n) is 3.09. The normalized spacial score (nSPS) is 18.2. The Kier molecular flexibility index (Phi) is 5.50. The zero-order chi connectivity index (χ0) is 14.3. The van der Waals surface area contributed by atoms with E-state index in [0.717, 1.165) is 25.6 Å². The molecule has 2 rings (SSSR count). The Balaban J connectivity index is 1.72. The Labute approximate surface area is 122 Å². The maximum Gasteiger partial charge on any atom is 0.191 e. The zero-order valence-corrected chi connectivity index (χ0v) is 12.9. The lowest BCUT2D eigenvalue weighted by molar-refractivity contribution is 0.283. The molecule has 1 aliphatic rings. The van der Waals surface area contributed by atoms with Gasteiger partial charge in [0.25, 0.3) is 0 Å². The standard InChI is InChI=1S/C16H28N4/c1-3-16(8-4-5-9-16)14-19-15(17-2)18-10-13-20-11-6-7-12-20/h6-7,11-12H,3-5,8-10,13-14H2,1-2H3,(H2,17,18,19). The van der Waals surface area contributed by atoms with Crippen molar-refractivity contribution in [2.75, 3.05) is 20.1 Å². The summed E-state index contributed by atoms with van der Waals surface area (Å²) in [5.41, 5.74) is 0.498. The summed E-state index contributed by atoms with van der Waals surface area (Å²) in [4.78, 5) is 4.32. The van der Waals surface area contributed by atoms with Gasteiger partial charge in [0.05, 0.1) is 0 Å². The van der Waals surface area contributed by atoms with Gasteiger partial charge in [0, 0.05) is 39.1 Å². The van der Waals surface area contributed by atoms with Gasteiger partial charge in [0.2, 0.25) is 0 Å². The maximum absolute atomic E-state index is 4.32. The smallest absolute Gasteiger partial charge is 0.191 e. The van der Waals surface area contributed by atoms with E-state index >= 15 is 0 Å². The minimum Gasteiger partial charge on any atom is -0.356 e. The van der Waals surface area contributed by atoms with E-state index in [4.69, 9.17) is 0 Å². The number of aliphatic imine (C=N–C) groups is 1. The number of hydrogen-bond acceptors (Lipinski definition) is 1. The molecule has 4 nitrogen and oxygen atoms in total. The van der Waals surface area contributed by atoms with E-state index in [9.17, 15) is 0 Å². The molecule has 4 heteroatoms. The van der Waals surface area contributed by atoms with Crippen LogP contribution in [-0.4, -0.2) is 30.7 Å². The Morgan fingerprint density at radius 1 is 1.20 bits per heavy atom. The summed E-state index contributed by atoms with van der Waals surface area (Å²) in [5.74, 6) is 0.928. The molecular weight excluding hydrogens is 248 g/mol. The summed E-state index contributed by atoms with van der Waals surface area (Å²) in [6, 6.07) is 4.11. The van der Waals surface area contributed by atoms with Crippen molar-refractivity contribution in [3.05, 3.63) is 24.5 Å². The molecule has 1 aromatic heterocycles. The van der Waals surface area contributed by atoms with Crippen molar-refractivity contribution in [2.45, 2.75) is 45.6 Å². The van der Waals surface area contributed by atoms with Crippen LogP contribution in [0.2, 0.25) is 0 Å². The van der Waals surface area contributed by atoms with Crippen molar-refractivity contribution < 1.29 is 0 Å². The van der Waals surface area contributed by atoms with Crippen LogP contribution in [0.4, 0.5) is 0 Å². The maximum atomic E-state index is 4.32. The van der Waals surface area contributed by atoms with Crippen molar-refractivity contribution in [3.8, 4) is 0 Å². The number of rotatable bonds is 6. The molecule has 0 atom stereocenters. The quantitative estimate of drug-likeness (QED) is 0.619. The van der Waals surface area contributed by atoms with E-state index in [0.29, 0.717) is 5.41 Å². The SMILES string of the molecule is CCC1(CNC(=NC)NCCn2cccc2)CCCC1. The lowest BCUT2D eigenvalue weighted by atomic mass is 9.83. The Bertz CT molecular complexity index is 402. The first-order chi connectivity index (χ1) is 9.78. The molecule has 112 valence electrons. The van der Waals surface area contributed by atoms with Gasteiger partial charge in [-0.15, -0.1) is 0 Å².